The smallest absolute Gasteiger partial charge is 0.214 e. The van der Waals surface area contributed by atoms with Gasteiger partial charge in [-0.05, 0) is 19.1 Å². The molecule has 0 aliphatic heterocycles. The van der Waals surface area contributed by atoms with Crippen molar-refractivity contribution in [3.05, 3.63) is 29.8 Å². The molecule has 5 nitrogen and oxygen atoms in total. The van der Waals surface area contributed by atoms with E-state index in [4.69, 9.17) is 5.14 Å². The summed E-state index contributed by atoms with van der Waals surface area (Å²) in [6, 6.07) is 2.29. The van der Waals surface area contributed by atoms with Gasteiger partial charge in [-0.15, -0.1) is 0 Å². The molecular formula is C8H11FN2O3S. The van der Waals surface area contributed by atoms with Gasteiger partial charge in [0.15, 0.2) is 0 Å². The summed E-state index contributed by atoms with van der Waals surface area (Å²) < 4.78 is 34.4. The maximum Gasteiger partial charge on any atom is 0.214 e. The number of pyridine rings is 1. The number of rotatable bonds is 3. The summed E-state index contributed by atoms with van der Waals surface area (Å²) in [5, 5.41) is 13.2. The molecule has 0 bridgehead atoms. The maximum atomic E-state index is 12.5. The van der Waals surface area contributed by atoms with Crippen LogP contribution in [0, 0.1) is 5.82 Å². The SMILES string of the molecule is C[C@@H]([C@H](O)c1ccc(F)cn1)S(N)(=O)=O. The van der Waals surface area contributed by atoms with Crippen LogP contribution >= 0.6 is 0 Å². The summed E-state index contributed by atoms with van der Waals surface area (Å²) in [5.74, 6) is -0.561. The van der Waals surface area contributed by atoms with Gasteiger partial charge in [0.25, 0.3) is 0 Å². The summed E-state index contributed by atoms with van der Waals surface area (Å²) in [4.78, 5) is 3.57. The number of primary sulfonamides is 1. The van der Waals surface area contributed by atoms with Gasteiger partial charge in [0, 0.05) is 0 Å². The predicted molar refractivity (Wildman–Crippen MR) is 51.7 cm³/mol. The number of aliphatic hydroxyl groups excluding tert-OH is 1. The molecule has 0 saturated heterocycles. The highest BCUT2D eigenvalue weighted by atomic mass is 32.2. The Hall–Kier alpha value is -1.05. The zero-order valence-electron chi connectivity index (χ0n) is 7.96. The predicted octanol–water partition coefficient (Wildman–Crippen LogP) is -0.0689. The van der Waals surface area contributed by atoms with Crippen LogP contribution < -0.4 is 5.14 Å². The van der Waals surface area contributed by atoms with Crippen LogP contribution in [0.1, 0.15) is 18.7 Å². The van der Waals surface area contributed by atoms with E-state index in [-0.39, 0.29) is 5.69 Å². The Balaban J connectivity index is 2.95. The molecular weight excluding hydrogens is 223 g/mol. The summed E-state index contributed by atoms with van der Waals surface area (Å²) in [7, 11) is -3.84. The van der Waals surface area contributed by atoms with E-state index < -0.39 is 27.2 Å². The zero-order chi connectivity index (χ0) is 11.6. The molecule has 1 rings (SSSR count). The van der Waals surface area contributed by atoms with E-state index in [2.05, 4.69) is 4.98 Å². The van der Waals surface area contributed by atoms with Gasteiger partial charge in [-0.2, -0.15) is 0 Å². The molecule has 0 spiro atoms. The second kappa shape index (κ2) is 4.21. The summed E-state index contributed by atoms with van der Waals surface area (Å²) in [6.45, 7) is 1.25. The first kappa shape index (κ1) is 12.0. The molecule has 2 atom stereocenters. The third-order valence-corrected chi connectivity index (χ3v) is 3.31. The highest BCUT2D eigenvalue weighted by Crippen LogP contribution is 2.18. The minimum absolute atomic E-state index is 0.0675. The maximum absolute atomic E-state index is 12.5. The minimum atomic E-state index is -3.84. The number of aliphatic hydroxyl groups is 1. The molecule has 0 fully saturated rings. The second-order valence-electron chi connectivity index (χ2n) is 3.14. The van der Waals surface area contributed by atoms with E-state index in [0.29, 0.717) is 0 Å². The number of aromatic nitrogens is 1. The third-order valence-electron chi connectivity index (χ3n) is 2.02. The number of nitrogens with zero attached hydrogens (tertiary/aromatic N) is 1. The van der Waals surface area contributed by atoms with Crippen LogP contribution in [0.15, 0.2) is 18.3 Å². The Morgan fingerprint density at radius 3 is 2.53 bits per heavy atom. The zero-order valence-corrected chi connectivity index (χ0v) is 8.78. The first-order valence-corrected chi connectivity index (χ1v) is 5.74. The average molecular weight is 234 g/mol. The standard InChI is InChI=1S/C8H11FN2O3S/c1-5(15(10,13)14)8(12)7-3-2-6(9)4-11-7/h2-5,8,12H,1H3,(H2,10,13,14)/t5-,8-/m0/s1. The lowest BCUT2D eigenvalue weighted by Gasteiger charge is -2.15. The highest BCUT2D eigenvalue weighted by Gasteiger charge is 2.26. The first-order valence-electron chi connectivity index (χ1n) is 4.13. The van der Waals surface area contributed by atoms with Crippen molar-refractivity contribution in [3.8, 4) is 0 Å². The number of hydrogen-bond donors (Lipinski definition) is 2. The van der Waals surface area contributed by atoms with Crippen molar-refractivity contribution >= 4 is 10.0 Å². The molecule has 0 saturated carbocycles. The van der Waals surface area contributed by atoms with Crippen LogP contribution in [0.25, 0.3) is 0 Å². The van der Waals surface area contributed by atoms with Gasteiger partial charge >= 0.3 is 0 Å². The Morgan fingerprint density at radius 2 is 2.13 bits per heavy atom. The summed E-state index contributed by atoms with van der Waals surface area (Å²) in [6.07, 6.45) is -0.463. The van der Waals surface area contributed by atoms with Crippen molar-refractivity contribution in [2.24, 2.45) is 5.14 Å². The van der Waals surface area contributed by atoms with Crippen molar-refractivity contribution in [1.82, 2.24) is 4.98 Å². The number of hydrogen-bond acceptors (Lipinski definition) is 4. The topological polar surface area (TPSA) is 93.3 Å². The molecule has 0 amide bonds. The van der Waals surface area contributed by atoms with Crippen LogP contribution in [0.3, 0.4) is 0 Å². The molecule has 1 heterocycles. The van der Waals surface area contributed by atoms with Gasteiger partial charge in [0.2, 0.25) is 10.0 Å². The lowest BCUT2D eigenvalue weighted by atomic mass is 10.2. The van der Waals surface area contributed by atoms with E-state index in [0.717, 1.165) is 12.3 Å². The van der Waals surface area contributed by atoms with Crippen LogP contribution in [0.5, 0.6) is 0 Å². The van der Waals surface area contributed by atoms with Crippen molar-refractivity contribution in [2.75, 3.05) is 0 Å². The van der Waals surface area contributed by atoms with Crippen LogP contribution in [-0.2, 0) is 10.0 Å². The van der Waals surface area contributed by atoms with Gasteiger partial charge in [-0.3, -0.25) is 4.98 Å². The lowest BCUT2D eigenvalue weighted by Crippen LogP contribution is -2.31. The van der Waals surface area contributed by atoms with Gasteiger partial charge in [-0.25, -0.2) is 17.9 Å². The monoisotopic (exact) mass is 234 g/mol. The van der Waals surface area contributed by atoms with Crippen LogP contribution in [0.4, 0.5) is 4.39 Å². The molecule has 0 aliphatic rings. The molecule has 3 N–H and O–H groups in total. The number of sulfonamides is 1. The molecule has 7 heteroatoms. The normalized spacial score (nSPS) is 16.0. The van der Waals surface area contributed by atoms with Gasteiger partial charge in [-0.1, -0.05) is 0 Å². The van der Waals surface area contributed by atoms with Crippen LogP contribution in [-0.4, -0.2) is 23.8 Å². The Kier molecular flexibility index (Phi) is 3.38. The summed E-state index contributed by atoms with van der Waals surface area (Å²) >= 11 is 0. The molecule has 0 aromatic carbocycles. The van der Waals surface area contributed by atoms with Crippen molar-refractivity contribution in [3.63, 3.8) is 0 Å². The van der Waals surface area contributed by atoms with Gasteiger partial charge in [0.05, 0.1) is 11.9 Å². The van der Waals surface area contributed by atoms with Crippen molar-refractivity contribution in [1.29, 1.82) is 0 Å². The fraction of sp³-hybridized carbons (Fsp3) is 0.375. The fourth-order valence-electron chi connectivity index (χ4n) is 0.982. The van der Waals surface area contributed by atoms with Gasteiger partial charge in [0.1, 0.15) is 17.2 Å². The largest absolute Gasteiger partial charge is 0.385 e. The minimum Gasteiger partial charge on any atom is -0.385 e. The van der Waals surface area contributed by atoms with E-state index in [1.54, 1.807) is 0 Å². The molecule has 0 unspecified atom stereocenters. The molecule has 15 heavy (non-hydrogen) atoms. The Morgan fingerprint density at radius 1 is 1.53 bits per heavy atom. The van der Waals surface area contributed by atoms with E-state index in [9.17, 15) is 17.9 Å². The Labute approximate surface area is 86.8 Å². The lowest BCUT2D eigenvalue weighted by molar-refractivity contribution is 0.171. The second-order valence-corrected chi connectivity index (χ2v) is 5.06. The third kappa shape index (κ3) is 2.95. The quantitative estimate of drug-likeness (QED) is 0.765. The average Bonchev–Trinajstić information content (AvgIpc) is 2.15. The van der Waals surface area contributed by atoms with E-state index in [1.165, 1.54) is 13.0 Å². The fourth-order valence-corrected chi connectivity index (χ4v) is 1.48. The molecule has 1 aromatic heterocycles. The molecule has 0 radical (unpaired) electrons. The molecule has 1 aromatic rings. The van der Waals surface area contributed by atoms with E-state index >= 15 is 0 Å². The van der Waals surface area contributed by atoms with Crippen LogP contribution in [0.2, 0.25) is 0 Å². The van der Waals surface area contributed by atoms with Crippen molar-refractivity contribution in [2.45, 2.75) is 18.3 Å². The number of nitrogens with two attached hydrogens (primary N) is 1. The molecule has 0 aliphatic carbocycles. The molecule has 84 valence electrons. The Bertz CT molecular complexity index is 432. The van der Waals surface area contributed by atoms with E-state index in [1.807, 2.05) is 0 Å². The summed E-state index contributed by atoms with van der Waals surface area (Å²) in [5.41, 5.74) is 0.0675. The van der Waals surface area contributed by atoms with Gasteiger partial charge < -0.3 is 5.11 Å². The number of halogens is 1. The first-order chi connectivity index (χ1) is 6.82. The van der Waals surface area contributed by atoms with Crippen molar-refractivity contribution < 1.29 is 17.9 Å². The highest BCUT2D eigenvalue weighted by molar-refractivity contribution is 7.89.